The summed E-state index contributed by atoms with van der Waals surface area (Å²) in [6.45, 7) is 2.20. The molecule has 0 saturated heterocycles. The molecule has 1 aromatic carbocycles. The number of hydrogen-bond donors (Lipinski definition) is 2. The molecule has 0 aliphatic heterocycles. The van der Waals surface area contributed by atoms with E-state index in [2.05, 4.69) is 31.2 Å². The second-order valence-corrected chi connectivity index (χ2v) is 6.09. The van der Waals surface area contributed by atoms with Crippen molar-refractivity contribution in [1.82, 2.24) is 0 Å². The van der Waals surface area contributed by atoms with Gasteiger partial charge in [0.2, 0.25) is 0 Å². The van der Waals surface area contributed by atoms with E-state index < -0.39 is 0 Å². The van der Waals surface area contributed by atoms with Gasteiger partial charge in [0.1, 0.15) is 11.5 Å². The fourth-order valence-corrected chi connectivity index (χ4v) is 2.54. The SMILES string of the molecule is CCC/C=C/C/C=C/CCCCCCCc1ccc(O)cc1O. The van der Waals surface area contributed by atoms with E-state index in [0.717, 1.165) is 24.8 Å². The average Bonchev–Trinajstić information content (AvgIpc) is 2.53. The maximum absolute atomic E-state index is 9.71. The summed E-state index contributed by atoms with van der Waals surface area (Å²) in [5, 5.41) is 19.0. The van der Waals surface area contributed by atoms with Gasteiger partial charge in [-0.1, -0.05) is 63.0 Å². The van der Waals surface area contributed by atoms with Crippen molar-refractivity contribution in [3.8, 4) is 11.5 Å². The van der Waals surface area contributed by atoms with E-state index in [0.29, 0.717) is 0 Å². The van der Waals surface area contributed by atoms with Gasteiger partial charge < -0.3 is 10.2 Å². The van der Waals surface area contributed by atoms with Crippen LogP contribution in [0.4, 0.5) is 0 Å². The van der Waals surface area contributed by atoms with Crippen molar-refractivity contribution < 1.29 is 10.2 Å². The van der Waals surface area contributed by atoms with Gasteiger partial charge in [-0.15, -0.1) is 0 Å². The second kappa shape index (κ2) is 12.8. The van der Waals surface area contributed by atoms with Gasteiger partial charge in [0.25, 0.3) is 0 Å². The number of rotatable bonds is 12. The highest BCUT2D eigenvalue weighted by Crippen LogP contribution is 2.24. The molecule has 0 radical (unpaired) electrons. The Morgan fingerprint density at radius 1 is 0.826 bits per heavy atom. The lowest BCUT2D eigenvalue weighted by molar-refractivity contribution is 0.445. The van der Waals surface area contributed by atoms with Gasteiger partial charge in [0.15, 0.2) is 0 Å². The third kappa shape index (κ3) is 9.83. The average molecular weight is 316 g/mol. The first-order valence-electron chi connectivity index (χ1n) is 9.05. The third-order valence-electron chi connectivity index (χ3n) is 3.95. The molecule has 0 heterocycles. The quantitative estimate of drug-likeness (QED) is 0.352. The molecule has 0 unspecified atom stereocenters. The standard InChI is InChI=1S/C21H32O2/c1-2-3-4-5-6-7-8-9-10-11-12-13-14-15-19-16-17-20(22)18-21(19)23/h4-5,7-8,16-18,22-23H,2-3,6,9-15H2,1H3/b5-4+,8-7+. The summed E-state index contributed by atoms with van der Waals surface area (Å²) in [6.07, 6.45) is 20.7. The minimum Gasteiger partial charge on any atom is -0.508 e. The van der Waals surface area contributed by atoms with E-state index in [1.54, 1.807) is 6.07 Å². The topological polar surface area (TPSA) is 40.5 Å². The molecule has 0 spiro atoms. The summed E-state index contributed by atoms with van der Waals surface area (Å²) in [5.41, 5.74) is 0.932. The summed E-state index contributed by atoms with van der Waals surface area (Å²) >= 11 is 0. The van der Waals surface area contributed by atoms with Crippen LogP contribution in [0.1, 0.15) is 70.3 Å². The zero-order valence-corrected chi connectivity index (χ0v) is 14.5. The normalized spacial score (nSPS) is 11.7. The van der Waals surface area contributed by atoms with Gasteiger partial charge in [-0.3, -0.25) is 0 Å². The number of phenolic OH excluding ortho intramolecular Hbond substituents is 2. The van der Waals surface area contributed by atoms with Crippen LogP contribution in [0.15, 0.2) is 42.5 Å². The highest BCUT2D eigenvalue weighted by Gasteiger charge is 2.01. The van der Waals surface area contributed by atoms with Gasteiger partial charge in [-0.05, 0) is 50.2 Å². The van der Waals surface area contributed by atoms with E-state index in [1.165, 1.54) is 51.0 Å². The Balaban J connectivity index is 1.96. The lowest BCUT2D eigenvalue weighted by Gasteiger charge is -2.05. The number of hydrogen-bond acceptors (Lipinski definition) is 2. The Bertz CT molecular complexity index is 475. The monoisotopic (exact) mass is 316 g/mol. The molecule has 0 bridgehead atoms. The van der Waals surface area contributed by atoms with Crippen LogP contribution >= 0.6 is 0 Å². The summed E-state index contributed by atoms with van der Waals surface area (Å²) in [4.78, 5) is 0. The van der Waals surface area contributed by atoms with Gasteiger partial charge in [-0.2, -0.15) is 0 Å². The van der Waals surface area contributed by atoms with E-state index in [9.17, 15) is 10.2 Å². The van der Waals surface area contributed by atoms with E-state index in [4.69, 9.17) is 0 Å². The maximum atomic E-state index is 9.71. The van der Waals surface area contributed by atoms with Crippen LogP contribution in [0.3, 0.4) is 0 Å². The maximum Gasteiger partial charge on any atom is 0.122 e. The van der Waals surface area contributed by atoms with Crippen LogP contribution in [0.2, 0.25) is 0 Å². The number of aromatic hydroxyl groups is 2. The van der Waals surface area contributed by atoms with Crippen molar-refractivity contribution in [1.29, 1.82) is 0 Å². The molecule has 1 rings (SSSR count). The first-order chi connectivity index (χ1) is 11.2. The number of aryl methyl sites for hydroxylation is 1. The van der Waals surface area contributed by atoms with Crippen LogP contribution in [-0.4, -0.2) is 10.2 Å². The van der Waals surface area contributed by atoms with Crippen LogP contribution in [0, 0.1) is 0 Å². The number of unbranched alkanes of at least 4 members (excludes halogenated alkanes) is 6. The molecule has 2 heteroatoms. The largest absolute Gasteiger partial charge is 0.508 e. The fraction of sp³-hybridized carbons (Fsp3) is 0.524. The molecule has 0 amide bonds. The molecule has 23 heavy (non-hydrogen) atoms. The minimum atomic E-state index is 0.125. The summed E-state index contributed by atoms with van der Waals surface area (Å²) in [7, 11) is 0. The molecule has 0 fully saturated rings. The van der Waals surface area contributed by atoms with Crippen molar-refractivity contribution >= 4 is 0 Å². The molecule has 0 aromatic heterocycles. The van der Waals surface area contributed by atoms with Crippen molar-refractivity contribution in [3.63, 3.8) is 0 Å². The van der Waals surface area contributed by atoms with Crippen LogP contribution < -0.4 is 0 Å². The van der Waals surface area contributed by atoms with Gasteiger partial charge in [0, 0.05) is 6.07 Å². The zero-order chi connectivity index (χ0) is 16.8. The molecule has 0 aliphatic rings. The Kier molecular flexibility index (Phi) is 10.8. The molecule has 0 aliphatic carbocycles. The van der Waals surface area contributed by atoms with Crippen molar-refractivity contribution in [3.05, 3.63) is 48.1 Å². The Labute approximate surface area is 141 Å². The third-order valence-corrected chi connectivity index (χ3v) is 3.95. The highest BCUT2D eigenvalue weighted by molar-refractivity contribution is 5.38. The van der Waals surface area contributed by atoms with Gasteiger partial charge >= 0.3 is 0 Å². The molecule has 2 nitrogen and oxygen atoms in total. The number of allylic oxidation sites excluding steroid dienone is 4. The van der Waals surface area contributed by atoms with Gasteiger partial charge in [0.05, 0.1) is 0 Å². The minimum absolute atomic E-state index is 0.125. The number of benzene rings is 1. The van der Waals surface area contributed by atoms with Crippen LogP contribution in [0.5, 0.6) is 11.5 Å². The zero-order valence-electron chi connectivity index (χ0n) is 14.5. The predicted molar refractivity (Wildman–Crippen MR) is 99.0 cm³/mol. The van der Waals surface area contributed by atoms with Crippen LogP contribution in [0.25, 0.3) is 0 Å². The van der Waals surface area contributed by atoms with Crippen LogP contribution in [-0.2, 0) is 6.42 Å². The van der Waals surface area contributed by atoms with Crippen molar-refractivity contribution in [2.45, 2.75) is 71.1 Å². The lowest BCUT2D eigenvalue weighted by atomic mass is 10.0. The molecule has 0 saturated carbocycles. The molecule has 0 atom stereocenters. The molecule has 1 aromatic rings. The molecular formula is C21H32O2. The van der Waals surface area contributed by atoms with E-state index in [1.807, 2.05) is 6.07 Å². The fourth-order valence-electron chi connectivity index (χ4n) is 2.54. The Morgan fingerprint density at radius 2 is 1.52 bits per heavy atom. The first-order valence-corrected chi connectivity index (χ1v) is 9.05. The second-order valence-electron chi connectivity index (χ2n) is 6.09. The Morgan fingerprint density at radius 3 is 2.26 bits per heavy atom. The summed E-state index contributed by atoms with van der Waals surface area (Å²) in [6, 6.07) is 4.86. The van der Waals surface area contributed by atoms with Crippen molar-refractivity contribution in [2.75, 3.05) is 0 Å². The first kappa shape index (κ1) is 19.3. The smallest absolute Gasteiger partial charge is 0.122 e. The predicted octanol–water partition coefficient (Wildman–Crippen LogP) is 6.28. The molecular weight excluding hydrogens is 284 g/mol. The van der Waals surface area contributed by atoms with Gasteiger partial charge in [-0.25, -0.2) is 0 Å². The van der Waals surface area contributed by atoms with E-state index >= 15 is 0 Å². The Hall–Kier alpha value is -1.70. The number of phenols is 2. The highest BCUT2D eigenvalue weighted by atomic mass is 16.3. The van der Waals surface area contributed by atoms with E-state index in [-0.39, 0.29) is 11.5 Å². The summed E-state index contributed by atoms with van der Waals surface area (Å²) < 4.78 is 0. The van der Waals surface area contributed by atoms with Crippen molar-refractivity contribution in [2.24, 2.45) is 0 Å². The lowest BCUT2D eigenvalue weighted by Crippen LogP contribution is -1.87. The molecule has 128 valence electrons. The molecule has 2 N–H and O–H groups in total. The summed E-state index contributed by atoms with van der Waals surface area (Å²) in [5.74, 6) is 0.336.